The van der Waals surface area contributed by atoms with Crippen molar-refractivity contribution in [1.29, 1.82) is 0 Å². The third-order valence-electron chi connectivity index (χ3n) is 2.95. The van der Waals surface area contributed by atoms with Gasteiger partial charge in [0.1, 0.15) is 0 Å². The lowest BCUT2D eigenvalue weighted by atomic mass is 10.2. The highest BCUT2D eigenvalue weighted by Gasteiger charge is 2.10. The van der Waals surface area contributed by atoms with E-state index in [2.05, 4.69) is 10.1 Å². The number of benzene rings is 1. The Kier molecular flexibility index (Phi) is 2.56. The van der Waals surface area contributed by atoms with Crippen LogP contribution in [0.15, 0.2) is 46.1 Å². The quantitative estimate of drug-likeness (QED) is 0.724. The number of fused-ring (bicyclic) bond motifs is 1. The topological polar surface area (TPSA) is 72.7 Å². The minimum Gasteiger partial charge on any atom is -0.304 e. The molecule has 0 radical (unpaired) electrons. The zero-order valence-corrected chi connectivity index (χ0v) is 10.3. The van der Waals surface area contributed by atoms with Gasteiger partial charge in [0, 0.05) is 13.2 Å². The fourth-order valence-corrected chi connectivity index (χ4v) is 2.05. The van der Waals surface area contributed by atoms with Gasteiger partial charge in [-0.25, -0.2) is 4.79 Å². The lowest BCUT2D eigenvalue weighted by Gasteiger charge is -2.03. The number of hydrogen-bond donors (Lipinski definition) is 1. The molecule has 0 amide bonds. The van der Waals surface area contributed by atoms with Crippen LogP contribution in [0.25, 0.3) is 11.0 Å². The highest BCUT2D eigenvalue weighted by molar-refractivity contribution is 5.71. The first-order valence-electron chi connectivity index (χ1n) is 5.85. The summed E-state index contributed by atoms with van der Waals surface area (Å²) in [4.78, 5) is 26.8. The Morgan fingerprint density at radius 2 is 1.95 bits per heavy atom. The third-order valence-corrected chi connectivity index (χ3v) is 2.95. The van der Waals surface area contributed by atoms with Crippen molar-refractivity contribution in [2.75, 3.05) is 0 Å². The van der Waals surface area contributed by atoms with Crippen molar-refractivity contribution in [1.82, 2.24) is 19.3 Å². The molecule has 0 saturated heterocycles. The fourth-order valence-electron chi connectivity index (χ4n) is 2.05. The molecular weight excluding hydrogens is 244 g/mol. The summed E-state index contributed by atoms with van der Waals surface area (Å²) >= 11 is 0. The van der Waals surface area contributed by atoms with Gasteiger partial charge in [-0.15, -0.1) is 0 Å². The first-order valence-corrected chi connectivity index (χ1v) is 5.85. The zero-order valence-electron chi connectivity index (χ0n) is 10.3. The second-order valence-corrected chi connectivity index (χ2v) is 4.37. The van der Waals surface area contributed by atoms with Crippen LogP contribution in [0.3, 0.4) is 0 Å². The van der Waals surface area contributed by atoms with Crippen LogP contribution in [-0.2, 0) is 13.6 Å². The van der Waals surface area contributed by atoms with Crippen molar-refractivity contribution in [2.45, 2.75) is 6.54 Å². The first-order chi connectivity index (χ1) is 9.15. The summed E-state index contributed by atoms with van der Waals surface area (Å²) in [5.74, 6) is 0. The molecular formula is C13H12N4O2. The molecule has 6 nitrogen and oxygen atoms in total. The summed E-state index contributed by atoms with van der Waals surface area (Å²) in [6, 6.07) is 9.36. The summed E-state index contributed by atoms with van der Waals surface area (Å²) < 4.78 is 2.67. The molecule has 0 atom stereocenters. The molecule has 0 bridgehead atoms. The molecule has 19 heavy (non-hydrogen) atoms. The van der Waals surface area contributed by atoms with E-state index in [-0.39, 0.29) is 17.6 Å². The molecule has 0 unspecified atom stereocenters. The van der Waals surface area contributed by atoms with Crippen LogP contribution in [0.5, 0.6) is 0 Å². The van der Waals surface area contributed by atoms with Gasteiger partial charge in [-0.1, -0.05) is 30.3 Å². The maximum atomic E-state index is 12.2. The highest BCUT2D eigenvalue weighted by Crippen LogP contribution is 2.02. The van der Waals surface area contributed by atoms with Crippen molar-refractivity contribution >= 4 is 11.0 Å². The molecule has 0 aliphatic carbocycles. The van der Waals surface area contributed by atoms with Gasteiger partial charge in [0.15, 0.2) is 5.52 Å². The lowest BCUT2D eigenvalue weighted by molar-refractivity contribution is 0.707. The molecule has 0 fully saturated rings. The van der Waals surface area contributed by atoms with E-state index < -0.39 is 5.69 Å². The zero-order chi connectivity index (χ0) is 13.4. The Labute approximate surface area is 107 Å². The summed E-state index contributed by atoms with van der Waals surface area (Å²) in [5.41, 5.74) is 0.836. The summed E-state index contributed by atoms with van der Waals surface area (Å²) in [6.07, 6.45) is 1.62. The maximum absolute atomic E-state index is 12.2. The predicted molar refractivity (Wildman–Crippen MR) is 71.1 cm³/mol. The Morgan fingerprint density at radius 1 is 1.21 bits per heavy atom. The number of hydrogen-bond acceptors (Lipinski definition) is 3. The Balaban J connectivity index is 2.19. The van der Waals surface area contributed by atoms with Crippen molar-refractivity contribution in [2.24, 2.45) is 7.05 Å². The molecule has 6 heteroatoms. The van der Waals surface area contributed by atoms with Crippen LogP contribution in [0.1, 0.15) is 5.56 Å². The van der Waals surface area contributed by atoms with Gasteiger partial charge in [-0.05, 0) is 5.56 Å². The van der Waals surface area contributed by atoms with Crippen LogP contribution < -0.4 is 11.2 Å². The van der Waals surface area contributed by atoms with Crippen LogP contribution >= 0.6 is 0 Å². The van der Waals surface area contributed by atoms with Crippen LogP contribution in [0.4, 0.5) is 0 Å². The number of aromatic nitrogens is 4. The molecule has 2 heterocycles. The van der Waals surface area contributed by atoms with Gasteiger partial charge in [0.2, 0.25) is 0 Å². The second-order valence-electron chi connectivity index (χ2n) is 4.37. The number of nitrogens with zero attached hydrogens (tertiary/aromatic N) is 3. The van der Waals surface area contributed by atoms with E-state index in [1.807, 2.05) is 30.3 Å². The number of aryl methyl sites for hydroxylation is 1. The van der Waals surface area contributed by atoms with Crippen LogP contribution in [-0.4, -0.2) is 19.3 Å². The van der Waals surface area contributed by atoms with E-state index >= 15 is 0 Å². The monoisotopic (exact) mass is 256 g/mol. The number of aromatic amines is 1. The maximum Gasteiger partial charge on any atom is 0.329 e. The average molecular weight is 256 g/mol. The SMILES string of the molecule is Cn1cc2[nH]c(=O)n(Cc3ccccc3)c(=O)c2n1. The molecule has 0 aliphatic heterocycles. The van der Waals surface area contributed by atoms with Gasteiger partial charge in [0.05, 0.1) is 12.1 Å². The number of rotatable bonds is 2. The molecule has 0 spiro atoms. The first kappa shape index (κ1) is 11.5. The molecule has 96 valence electrons. The fraction of sp³-hybridized carbons (Fsp3) is 0.154. The molecule has 1 N–H and O–H groups in total. The third kappa shape index (κ3) is 1.97. The van der Waals surface area contributed by atoms with Crippen LogP contribution in [0, 0.1) is 0 Å². The Bertz CT molecular complexity index is 842. The molecule has 1 aromatic carbocycles. The van der Waals surface area contributed by atoms with E-state index in [9.17, 15) is 9.59 Å². The molecule has 3 aromatic rings. The summed E-state index contributed by atoms with van der Waals surface area (Å²) in [6.45, 7) is 0.238. The molecule has 3 rings (SSSR count). The van der Waals surface area contributed by atoms with E-state index in [4.69, 9.17) is 0 Å². The standard InChI is InChI=1S/C13H12N4O2/c1-16-8-10-11(15-16)12(18)17(13(19)14-10)7-9-5-3-2-4-6-9/h2-6,8H,7H2,1H3,(H,14,19). The molecule has 0 saturated carbocycles. The summed E-state index contributed by atoms with van der Waals surface area (Å²) in [7, 11) is 1.71. The van der Waals surface area contributed by atoms with E-state index in [0.29, 0.717) is 5.52 Å². The van der Waals surface area contributed by atoms with Gasteiger partial charge in [-0.2, -0.15) is 5.10 Å². The van der Waals surface area contributed by atoms with Crippen LogP contribution in [0.2, 0.25) is 0 Å². The molecule has 0 aliphatic rings. The number of H-pyrrole nitrogens is 1. The van der Waals surface area contributed by atoms with Gasteiger partial charge in [0.25, 0.3) is 5.56 Å². The summed E-state index contributed by atoms with van der Waals surface area (Å²) in [5, 5.41) is 4.07. The average Bonchev–Trinajstić information content (AvgIpc) is 2.76. The van der Waals surface area contributed by atoms with Gasteiger partial charge >= 0.3 is 5.69 Å². The van der Waals surface area contributed by atoms with Gasteiger partial charge < -0.3 is 4.98 Å². The lowest BCUT2D eigenvalue weighted by Crippen LogP contribution is -2.35. The van der Waals surface area contributed by atoms with E-state index in [0.717, 1.165) is 10.1 Å². The molecule has 2 aromatic heterocycles. The van der Waals surface area contributed by atoms with Crippen molar-refractivity contribution in [3.05, 3.63) is 62.9 Å². The van der Waals surface area contributed by atoms with Crippen molar-refractivity contribution in [3.63, 3.8) is 0 Å². The number of nitrogens with one attached hydrogen (secondary N) is 1. The Hall–Kier alpha value is -2.63. The van der Waals surface area contributed by atoms with Gasteiger partial charge in [-0.3, -0.25) is 14.0 Å². The largest absolute Gasteiger partial charge is 0.329 e. The van der Waals surface area contributed by atoms with E-state index in [1.54, 1.807) is 13.2 Å². The normalized spacial score (nSPS) is 11.0. The minimum absolute atomic E-state index is 0.238. The van der Waals surface area contributed by atoms with Crippen molar-refractivity contribution in [3.8, 4) is 0 Å². The smallest absolute Gasteiger partial charge is 0.304 e. The Morgan fingerprint density at radius 3 is 2.68 bits per heavy atom. The minimum atomic E-state index is -0.422. The van der Waals surface area contributed by atoms with E-state index in [1.165, 1.54) is 4.68 Å². The highest BCUT2D eigenvalue weighted by atomic mass is 16.2. The van der Waals surface area contributed by atoms with Crippen molar-refractivity contribution < 1.29 is 0 Å². The predicted octanol–water partition coefficient (Wildman–Crippen LogP) is 0.472. The second kappa shape index (κ2) is 4.24.